The molecule has 1 aromatic carbocycles. The van der Waals surface area contributed by atoms with Gasteiger partial charge in [0.2, 0.25) is 0 Å². The number of halogens is 3. The topological polar surface area (TPSA) is 21.3 Å². The predicted octanol–water partition coefficient (Wildman–Crippen LogP) is 3.18. The van der Waals surface area contributed by atoms with E-state index in [-0.39, 0.29) is 12.6 Å². The van der Waals surface area contributed by atoms with Gasteiger partial charge in [0.25, 0.3) is 0 Å². The fourth-order valence-electron chi connectivity index (χ4n) is 1.78. The third-order valence-electron chi connectivity index (χ3n) is 2.76. The van der Waals surface area contributed by atoms with E-state index in [1.54, 1.807) is 0 Å². The molecule has 1 N–H and O–H groups in total. The van der Waals surface area contributed by atoms with Crippen LogP contribution < -0.4 is 5.32 Å². The predicted molar refractivity (Wildman–Crippen MR) is 69.1 cm³/mol. The van der Waals surface area contributed by atoms with Crippen molar-refractivity contribution in [3.63, 3.8) is 0 Å². The van der Waals surface area contributed by atoms with Crippen molar-refractivity contribution in [2.75, 3.05) is 19.8 Å². The number of ether oxygens (including phenoxy) is 1. The molecule has 0 amide bonds. The molecule has 0 heterocycles. The summed E-state index contributed by atoms with van der Waals surface area (Å²) in [4.78, 5) is 0. The molecule has 0 fully saturated rings. The fraction of sp³-hybridized carbons (Fsp3) is 0.571. The normalized spacial score (nSPS) is 13.5. The maximum absolute atomic E-state index is 11.8. The van der Waals surface area contributed by atoms with E-state index in [9.17, 15) is 13.2 Å². The van der Waals surface area contributed by atoms with E-state index in [2.05, 4.69) is 17.0 Å². The second-order valence-electron chi connectivity index (χ2n) is 4.42. The van der Waals surface area contributed by atoms with Gasteiger partial charge in [-0.25, -0.2) is 0 Å². The molecule has 0 saturated carbocycles. The molecule has 19 heavy (non-hydrogen) atoms. The molecule has 0 aliphatic carbocycles. The van der Waals surface area contributed by atoms with Gasteiger partial charge in [-0.3, -0.25) is 0 Å². The summed E-state index contributed by atoms with van der Waals surface area (Å²) in [6.07, 6.45) is -2.45. The van der Waals surface area contributed by atoms with E-state index in [1.807, 2.05) is 30.3 Å². The lowest BCUT2D eigenvalue weighted by Crippen LogP contribution is -2.34. The van der Waals surface area contributed by atoms with Crippen molar-refractivity contribution in [3.05, 3.63) is 35.9 Å². The van der Waals surface area contributed by atoms with Gasteiger partial charge in [0, 0.05) is 12.6 Å². The van der Waals surface area contributed by atoms with E-state index in [0.29, 0.717) is 6.54 Å². The van der Waals surface area contributed by atoms with Crippen LogP contribution in [-0.4, -0.2) is 32.0 Å². The first-order valence-corrected chi connectivity index (χ1v) is 6.43. The number of hydrogen-bond donors (Lipinski definition) is 1. The largest absolute Gasteiger partial charge is 0.411 e. The molecule has 1 atom stereocenters. The smallest absolute Gasteiger partial charge is 0.371 e. The molecule has 1 rings (SSSR count). The molecule has 5 heteroatoms. The monoisotopic (exact) mass is 275 g/mol. The quantitative estimate of drug-likeness (QED) is 0.736. The van der Waals surface area contributed by atoms with Crippen LogP contribution in [0.5, 0.6) is 0 Å². The highest BCUT2D eigenvalue weighted by molar-refractivity contribution is 5.15. The summed E-state index contributed by atoms with van der Waals surface area (Å²) in [5, 5.41) is 3.21. The van der Waals surface area contributed by atoms with E-state index in [0.717, 1.165) is 12.8 Å². The average Bonchev–Trinajstić information content (AvgIpc) is 2.37. The van der Waals surface area contributed by atoms with Crippen LogP contribution in [-0.2, 0) is 11.2 Å². The Kier molecular flexibility index (Phi) is 6.87. The summed E-state index contributed by atoms with van der Waals surface area (Å²) in [5.74, 6) is 0. The number of hydrogen-bond acceptors (Lipinski definition) is 2. The number of benzene rings is 1. The van der Waals surface area contributed by atoms with Crippen LogP contribution in [0.25, 0.3) is 0 Å². The van der Waals surface area contributed by atoms with E-state index < -0.39 is 12.8 Å². The van der Waals surface area contributed by atoms with Gasteiger partial charge in [-0.2, -0.15) is 13.2 Å². The van der Waals surface area contributed by atoms with Gasteiger partial charge in [0.05, 0.1) is 6.61 Å². The Labute approximate surface area is 112 Å². The zero-order valence-electron chi connectivity index (χ0n) is 11.0. The first kappa shape index (κ1) is 16.0. The lowest BCUT2D eigenvalue weighted by molar-refractivity contribution is -0.173. The van der Waals surface area contributed by atoms with Crippen molar-refractivity contribution in [2.24, 2.45) is 0 Å². The maximum atomic E-state index is 11.8. The van der Waals surface area contributed by atoms with Crippen molar-refractivity contribution in [2.45, 2.75) is 32.0 Å². The first-order valence-electron chi connectivity index (χ1n) is 6.43. The summed E-state index contributed by atoms with van der Waals surface area (Å²) in [7, 11) is 0. The van der Waals surface area contributed by atoms with Gasteiger partial charge in [-0.05, 0) is 18.4 Å². The summed E-state index contributed by atoms with van der Waals surface area (Å²) in [5.41, 5.74) is 1.22. The molecular weight excluding hydrogens is 255 g/mol. The minimum atomic E-state index is -4.24. The molecule has 0 spiro atoms. The average molecular weight is 275 g/mol. The Morgan fingerprint density at radius 2 is 1.89 bits per heavy atom. The maximum Gasteiger partial charge on any atom is 0.411 e. The number of nitrogens with one attached hydrogen (secondary N) is 1. The lowest BCUT2D eigenvalue weighted by atomic mass is 10.0. The van der Waals surface area contributed by atoms with Gasteiger partial charge >= 0.3 is 6.18 Å². The van der Waals surface area contributed by atoms with Crippen LogP contribution in [0.2, 0.25) is 0 Å². The Morgan fingerprint density at radius 3 is 2.47 bits per heavy atom. The van der Waals surface area contributed by atoms with Gasteiger partial charge in [-0.15, -0.1) is 0 Å². The molecule has 0 radical (unpaired) electrons. The van der Waals surface area contributed by atoms with Gasteiger partial charge < -0.3 is 10.1 Å². The molecule has 0 aliphatic heterocycles. The van der Waals surface area contributed by atoms with Crippen LogP contribution in [0.3, 0.4) is 0 Å². The fourth-order valence-corrected chi connectivity index (χ4v) is 1.78. The summed E-state index contributed by atoms with van der Waals surface area (Å²) in [6, 6.07) is 10.3. The molecule has 0 aliphatic rings. The Bertz CT molecular complexity index is 340. The highest BCUT2D eigenvalue weighted by Gasteiger charge is 2.27. The van der Waals surface area contributed by atoms with Gasteiger partial charge in [0.1, 0.15) is 6.61 Å². The number of alkyl halides is 3. The minimum absolute atomic E-state index is 0.0742. The second kappa shape index (κ2) is 8.17. The Hall–Kier alpha value is -1.07. The molecule has 0 saturated heterocycles. The molecule has 1 aromatic rings. The lowest BCUT2D eigenvalue weighted by Gasteiger charge is -2.17. The van der Waals surface area contributed by atoms with E-state index >= 15 is 0 Å². The molecular formula is C14H20F3NO. The van der Waals surface area contributed by atoms with Crippen LogP contribution in [0.15, 0.2) is 30.3 Å². The van der Waals surface area contributed by atoms with Crippen LogP contribution in [0, 0.1) is 0 Å². The minimum Gasteiger partial charge on any atom is -0.371 e. The van der Waals surface area contributed by atoms with Crippen LogP contribution in [0.4, 0.5) is 13.2 Å². The van der Waals surface area contributed by atoms with Crippen LogP contribution in [0.1, 0.15) is 18.9 Å². The summed E-state index contributed by atoms with van der Waals surface area (Å²) in [6.45, 7) is 1.38. The molecule has 108 valence electrons. The Balaban J connectivity index is 2.19. The van der Waals surface area contributed by atoms with Crippen molar-refractivity contribution >= 4 is 0 Å². The zero-order chi connectivity index (χ0) is 14.1. The number of rotatable bonds is 8. The van der Waals surface area contributed by atoms with Crippen molar-refractivity contribution in [3.8, 4) is 0 Å². The third kappa shape index (κ3) is 7.85. The van der Waals surface area contributed by atoms with Gasteiger partial charge in [0.15, 0.2) is 0 Å². The van der Waals surface area contributed by atoms with E-state index in [1.165, 1.54) is 5.56 Å². The summed E-state index contributed by atoms with van der Waals surface area (Å²) < 4.78 is 40.1. The zero-order valence-corrected chi connectivity index (χ0v) is 11.0. The highest BCUT2D eigenvalue weighted by atomic mass is 19.4. The standard InChI is InChI=1S/C14H20F3NO/c1-2-13(10-12-6-4-3-5-7-12)18-8-9-19-11-14(15,16)17/h3-7,13,18H,2,8-11H2,1H3. The molecule has 0 bridgehead atoms. The van der Waals surface area contributed by atoms with Gasteiger partial charge in [-0.1, -0.05) is 37.3 Å². The molecule has 1 unspecified atom stereocenters. The van der Waals surface area contributed by atoms with Crippen LogP contribution >= 0.6 is 0 Å². The molecule has 2 nitrogen and oxygen atoms in total. The van der Waals surface area contributed by atoms with Crippen molar-refractivity contribution in [1.82, 2.24) is 5.32 Å². The third-order valence-corrected chi connectivity index (χ3v) is 2.76. The second-order valence-corrected chi connectivity index (χ2v) is 4.42. The SMILES string of the molecule is CCC(Cc1ccccc1)NCCOCC(F)(F)F. The van der Waals surface area contributed by atoms with Crippen molar-refractivity contribution in [1.29, 1.82) is 0 Å². The molecule has 0 aromatic heterocycles. The van der Waals surface area contributed by atoms with E-state index in [4.69, 9.17) is 0 Å². The Morgan fingerprint density at radius 1 is 1.21 bits per heavy atom. The summed E-state index contributed by atoms with van der Waals surface area (Å²) >= 11 is 0. The first-order chi connectivity index (χ1) is 9.01. The van der Waals surface area contributed by atoms with Crippen molar-refractivity contribution < 1.29 is 17.9 Å². The highest BCUT2D eigenvalue weighted by Crippen LogP contribution is 2.14.